The second-order valence-electron chi connectivity index (χ2n) is 4.65. The van der Waals surface area contributed by atoms with Crippen LogP contribution in [0.3, 0.4) is 0 Å². The first-order chi connectivity index (χ1) is 8.74. The Labute approximate surface area is 111 Å². The lowest BCUT2D eigenvalue weighted by Gasteiger charge is -2.19. The minimum Gasteiger partial charge on any atom is -0.371 e. The molecule has 0 bridgehead atoms. The van der Waals surface area contributed by atoms with Gasteiger partial charge in [0.25, 0.3) is 0 Å². The van der Waals surface area contributed by atoms with Gasteiger partial charge in [0, 0.05) is 18.8 Å². The smallest absolute Gasteiger partial charge is 0.0995 e. The van der Waals surface area contributed by atoms with E-state index in [1.807, 2.05) is 19.9 Å². The van der Waals surface area contributed by atoms with Crippen molar-refractivity contribution in [1.29, 1.82) is 5.26 Å². The Balaban J connectivity index is 0.000000771. The number of nitriles is 1. The van der Waals surface area contributed by atoms with Crippen LogP contribution in [-0.4, -0.2) is 13.1 Å². The normalized spacial score (nSPS) is 17.9. The topological polar surface area (TPSA) is 27.0 Å². The number of hydrogen-bond acceptors (Lipinski definition) is 2. The van der Waals surface area contributed by atoms with Crippen LogP contribution in [0.25, 0.3) is 0 Å². The molecule has 1 saturated heterocycles. The maximum Gasteiger partial charge on any atom is 0.0995 e. The van der Waals surface area contributed by atoms with Gasteiger partial charge in [0.05, 0.1) is 11.6 Å². The zero-order valence-electron chi connectivity index (χ0n) is 12.0. The molecule has 18 heavy (non-hydrogen) atoms. The standard InChI is InChI=1S/C14H18N2.C2H6/c1-3-12-4-5-14(8-13(12)9-15)16-7-6-11(2)10-16;1-2/h4-5,8,11H,3,6-7,10H2,1-2H3;1-2H3. The number of hydrogen-bond donors (Lipinski definition) is 0. The fourth-order valence-electron chi connectivity index (χ4n) is 2.34. The SMILES string of the molecule is CC.CCc1ccc(N2CCC(C)C2)cc1C#N. The lowest BCUT2D eigenvalue weighted by Crippen LogP contribution is -2.19. The fraction of sp³-hybridized carbons (Fsp3) is 0.562. The van der Waals surface area contributed by atoms with Crippen LogP contribution < -0.4 is 4.90 Å². The van der Waals surface area contributed by atoms with Crippen molar-refractivity contribution in [3.8, 4) is 6.07 Å². The third-order valence-electron chi connectivity index (χ3n) is 3.38. The average Bonchev–Trinajstić information content (AvgIpc) is 2.87. The predicted molar refractivity (Wildman–Crippen MR) is 77.9 cm³/mol. The van der Waals surface area contributed by atoms with E-state index in [0.717, 1.165) is 36.6 Å². The first kappa shape index (κ1) is 14.6. The molecule has 1 heterocycles. The molecule has 0 spiro atoms. The molecule has 2 heteroatoms. The van der Waals surface area contributed by atoms with Crippen molar-refractivity contribution in [2.75, 3.05) is 18.0 Å². The maximum atomic E-state index is 9.10. The maximum absolute atomic E-state index is 9.10. The zero-order chi connectivity index (χ0) is 13.5. The number of nitrogens with zero attached hydrogens (tertiary/aromatic N) is 2. The monoisotopic (exact) mass is 244 g/mol. The highest BCUT2D eigenvalue weighted by atomic mass is 15.1. The van der Waals surface area contributed by atoms with E-state index < -0.39 is 0 Å². The quantitative estimate of drug-likeness (QED) is 0.786. The van der Waals surface area contributed by atoms with E-state index in [1.165, 1.54) is 12.1 Å². The molecule has 0 N–H and O–H groups in total. The summed E-state index contributed by atoms with van der Waals surface area (Å²) in [7, 11) is 0. The van der Waals surface area contributed by atoms with Gasteiger partial charge in [-0.3, -0.25) is 0 Å². The van der Waals surface area contributed by atoms with Crippen LogP contribution in [0.1, 0.15) is 45.2 Å². The summed E-state index contributed by atoms with van der Waals surface area (Å²) < 4.78 is 0. The van der Waals surface area contributed by atoms with Crippen LogP contribution in [0.5, 0.6) is 0 Å². The molecular formula is C16H24N2. The second-order valence-corrected chi connectivity index (χ2v) is 4.65. The highest BCUT2D eigenvalue weighted by Crippen LogP contribution is 2.25. The van der Waals surface area contributed by atoms with Gasteiger partial charge in [-0.1, -0.05) is 33.8 Å². The van der Waals surface area contributed by atoms with Gasteiger partial charge in [-0.2, -0.15) is 5.26 Å². The predicted octanol–water partition coefficient (Wildman–Crippen LogP) is 3.99. The Bertz CT molecular complexity index is 418. The lowest BCUT2D eigenvalue weighted by molar-refractivity contribution is 0.659. The van der Waals surface area contributed by atoms with Gasteiger partial charge in [-0.25, -0.2) is 0 Å². The summed E-state index contributed by atoms with van der Waals surface area (Å²) in [6.45, 7) is 10.6. The fourth-order valence-corrected chi connectivity index (χ4v) is 2.34. The average molecular weight is 244 g/mol. The molecule has 1 unspecified atom stereocenters. The minimum atomic E-state index is 0.774. The van der Waals surface area contributed by atoms with E-state index in [0.29, 0.717) is 0 Å². The van der Waals surface area contributed by atoms with Gasteiger partial charge in [0.2, 0.25) is 0 Å². The Kier molecular flexibility index (Phi) is 5.71. The Morgan fingerprint density at radius 1 is 1.39 bits per heavy atom. The van der Waals surface area contributed by atoms with Gasteiger partial charge in [-0.15, -0.1) is 0 Å². The van der Waals surface area contributed by atoms with Gasteiger partial charge in [0.1, 0.15) is 0 Å². The lowest BCUT2D eigenvalue weighted by atomic mass is 10.1. The number of rotatable bonds is 2. The molecule has 1 atom stereocenters. The van der Waals surface area contributed by atoms with Gasteiger partial charge in [0.15, 0.2) is 0 Å². The van der Waals surface area contributed by atoms with Crippen molar-refractivity contribution in [1.82, 2.24) is 0 Å². The summed E-state index contributed by atoms with van der Waals surface area (Å²) in [5.41, 5.74) is 3.19. The third kappa shape index (κ3) is 3.26. The summed E-state index contributed by atoms with van der Waals surface area (Å²) in [6, 6.07) is 8.58. The van der Waals surface area contributed by atoms with E-state index in [-0.39, 0.29) is 0 Å². The van der Waals surface area contributed by atoms with E-state index in [2.05, 4.69) is 36.9 Å². The second kappa shape index (κ2) is 7.06. The van der Waals surface area contributed by atoms with Crippen molar-refractivity contribution in [3.63, 3.8) is 0 Å². The van der Waals surface area contributed by atoms with Crippen LogP contribution in [0.15, 0.2) is 18.2 Å². The highest BCUT2D eigenvalue weighted by Gasteiger charge is 2.19. The van der Waals surface area contributed by atoms with Crippen LogP contribution in [0, 0.1) is 17.2 Å². The van der Waals surface area contributed by atoms with Gasteiger partial charge in [-0.05, 0) is 36.5 Å². The van der Waals surface area contributed by atoms with E-state index >= 15 is 0 Å². The van der Waals surface area contributed by atoms with E-state index in [9.17, 15) is 0 Å². The van der Waals surface area contributed by atoms with Crippen molar-refractivity contribution < 1.29 is 0 Å². The highest BCUT2D eigenvalue weighted by molar-refractivity contribution is 5.55. The summed E-state index contributed by atoms with van der Waals surface area (Å²) in [4.78, 5) is 2.38. The molecule has 0 radical (unpaired) electrons. The summed E-state index contributed by atoms with van der Waals surface area (Å²) in [5, 5.41) is 9.10. The largest absolute Gasteiger partial charge is 0.371 e. The molecule has 1 aromatic carbocycles. The van der Waals surface area contributed by atoms with Crippen molar-refractivity contribution in [2.45, 2.75) is 40.5 Å². The number of anilines is 1. The molecule has 0 amide bonds. The van der Waals surface area contributed by atoms with Crippen molar-refractivity contribution in [3.05, 3.63) is 29.3 Å². The van der Waals surface area contributed by atoms with E-state index in [1.54, 1.807) is 0 Å². The summed E-state index contributed by atoms with van der Waals surface area (Å²) in [5.74, 6) is 0.774. The van der Waals surface area contributed by atoms with Crippen LogP contribution >= 0.6 is 0 Å². The van der Waals surface area contributed by atoms with Crippen molar-refractivity contribution >= 4 is 5.69 Å². The zero-order valence-corrected chi connectivity index (χ0v) is 12.0. The van der Waals surface area contributed by atoms with Gasteiger partial charge < -0.3 is 4.90 Å². The molecular weight excluding hydrogens is 220 g/mol. The molecule has 2 rings (SSSR count). The Morgan fingerprint density at radius 2 is 2.11 bits per heavy atom. The molecule has 0 saturated carbocycles. The molecule has 98 valence electrons. The van der Waals surface area contributed by atoms with Crippen LogP contribution in [0.2, 0.25) is 0 Å². The molecule has 1 aliphatic rings. The Morgan fingerprint density at radius 3 is 2.61 bits per heavy atom. The molecule has 0 aromatic heterocycles. The number of aryl methyl sites for hydroxylation is 1. The summed E-state index contributed by atoms with van der Waals surface area (Å²) >= 11 is 0. The molecule has 2 nitrogen and oxygen atoms in total. The molecule has 0 aliphatic carbocycles. The molecule has 1 aliphatic heterocycles. The van der Waals surface area contributed by atoms with Crippen LogP contribution in [0.4, 0.5) is 5.69 Å². The molecule has 1 fully saturated rings. The first-order valence-electron chi connectivity index (χ1n) is 7.02. The third-order valence-corrected chi connectivity index (χ3v) is 3.38. The first-order valence-corrected chi connectivity index (χ1v) is 7.02. The summed E-state index contributed by atoms with van der Waals surface area (Å²) in [6.07, 6.45) is 2.19. The van der Waals surface area contributed by atoms with Gasteiger partial charge >= 0.3 is 0 Å². The van der Waals surface area contributed by atoms with E-state index in [4.69, 9.17) is 5.26 Å². The molecule has 1 aromatic rings. The Hall–Kier alpha value is -1.49. The minimum absolute atomic E-state index is 0.774. The van der Waals surface area contributed by atoms with Crippen LogP contribution in [-0.2, 0) is 6.42 Å². The van der Waals surface area contributed by atoms with Crippen molar-refractivity contribution in [2.24, 2.45) is 5.92 Å². The number of benzene rings is 1.